The first-order chi connectivity index (χ1) is 4.33. The lowest BCUT2D eigenvalue weighted by atomic mass is 10.2. The largest absolute Gasteiger partial charge is 0.381 e. The van der Waals surface area contributed by atoms with Gasteiger partial charge in [-0.05, 0) is 19.8 Å². The monoisotopic (exact) mass is 192 g/mol. The Balaban J connectivity index is 2.10. The Bertz CT molecular complexity index is 88.9. The Kier molecular flexibility index (Phi) is 2.53. The van der Waals surface area contributed by atoms with Crippen molar-refractivity contribution in [2.75, 3.05) is 18.5 Å². The van der Waals surface area contributed by atoms with Gasteiger partial charge in [-0.2, -0.15) is 0 Å². The lowest BCUT2D eigenvalue weighted by Gasteiger charge is -2.09. The molecular formula is C7H13BrO. The highest BCUT2D eigenvalue weighted by Gasteiger charge is 2.41. The Labute approximate surface area is 64.9 Å². The second kappa shape index (κ2) is 3.02. The molecule has 54 valence electrons. The van der Waals surface area contributed by atoms with Gasteiger partial charge in [0.05, 0.1) is 6.61 Å². The molecule has 1 fully saturated rings. The quantitative estimate of drug-likeness (QED) is 0.622. The van der Waals surface area contributed by atoms with E-state index in [4.69, 9.17) is 4.74 Å². The molecule has 0 spiro atoms. The zero-order valence-electron chi connectivity index (χ0n) is 5.82. The molecule has 0 aromatic carbocycles. The van der Waals surface area contributed by atoms with Crippen molar-refractivity contribution < 1.29 is 4.74 Å². The number of hydrogen-bond acceptors (Lipinski definition) is 1. The number of alkyl halides is 1. The summed E-state index contributed by atoms with van der Waals surface area (Å²) in [6.45, 7) is 3.85. The van der Waals surface area contributed by atoms with Crippen molar-refractivity contribution in [1.82, 2.24) is 0 Å². The Morgan fingerprint density at radius 3 is 2.56 bits per heavy atom. The lowest BCUT2D eigenvalue weighted by Crippen LogP contribution is -2.11. The highest BCUT2D eigenvalue weighted by Crippen LogP contribution is 2.47. The minimum Gasteiger partial charge on any atom is -0.381 e. The van der Waals surface area contributed by atoms with Crippen LogP contribution < -0.4 is 0 Å². The molecule has 1 nitrogen and oxygen atoms in total. The highest BCUT2D eigenvalue weighted by molar-refractivity contribution is 9.09. The van der Waals surface area contributed by atoms with Crippen LogP contribution in [0.3, 0.4) is 0 Å². The van der Waals surface area contributed by atoms with Crippen LogP contribution in [0.4, 0.5) is 0 Å². The molecule has 9 heavy (non-hydrogen) atoms. The molecule has 2 heteroatoms. The van der Waals surface area contributed by atoms with Crippen molar-refractivity contribution in [1.29, 1.82) is 0 Å². The van der Waals surface area contributed by atoms with Crippen LogP contribution in [0.25, 0.3) is 0 Å². The molecule has 0 atom stereocenters. The SMILES string of the molecule is CCOCC1(CBr)CC1. The van der Waals surface area contributed by atoms with Crippen LogP contribution in [0.2, 0.25) is 0 Å². The van der Waals surface area contributed by atoms with Crippen molar-refractivity contribution in [3.05, 3.63) is 0 Å². The van der Waals surface area contributed by atoms with Gasteiger partial charge in [-0.1, -0.05) is 15.9 Å². The molecule has 0 aromatic heterocycles. The number of hydrogen-bond donors (Lipinski definition) is 0. The summed E-state index contributed by atoms with van der Waals surface area (Å²) in [5, 5.41) is 1.11. The molecule has 0 unspecified atom stereocenters. The average Bonchev–Trinajstić information content (AvgIpc) is 2.65. The third-order valence-corrected chi connectivity index (χ3v) is 3.04. The van der Waals surface area contributed by atoms with Crippen LogP contribution in [-0.4, -0.2) is 18.5 Å². The van der Waals surface area contributed by atoms with E-state index in [9.17, 15) is 0 Å². The summed E-state index contributed by atoms with van der Waals surface area (Å²) in [4.78, 5) is 0. The molecule has 1 saturated carbocycles. The van der Waals surface area contributed by atoms with Gasteiger partial charge in [0.15, 0.2) is 0 Å². The van der Waals surface area contributed by atoms with Crippen molar-refractivity contribution in [3.63, 3.8) is 0 Å². The zero-order valence-corrected chi connectivity index (χ0v) is 7.41. The maximum Gasteiger partial charge on any atom is 0.0530 e. The van der Waals surface area contributed by atoms with E-state index in [-0.39, 0.29) is 0 Å². The van der Waals surface area contributed by atoms with Crippen LogP contribution in [-0.2, 0) is 4.74 Å². The van der Waals surface area contributed by atoms with E-state index in [1.807, 2.05) is 6.92 Å². The van der Waals surface area contributed by atoms with Crippen molar-refractivity contribution in [2.45, 2.75) is 19.8 Å². The van der Waals surface area contributed by atoms with Crippen LogP contribution in [0.1, 0.15) is 19.8 Å². The summed E-state index contributed by atoms with van der Waals surface area (Å²) in [5.41, 5.74) is 0.538. The first-order valence-electron chi connectivity index (χ1n) is 3.47. The fraction of sp³-hybridized carbons (Fsp3) is 1.00. The van der Waals surface area contributed by atoms with Gasteiger partial charge >= 0.3 is 0 Å². The summed E-state index contributed by atoms with van der Waals surface area (Å²) < 4.78 is 5.32. The molecule has 0 aliphatic heterocycles. The second-order valence-corrected chi connectivity index (χ2v) is 3.33. The van der Waals surface area contributed by atoms with Crippen LogP contribution in [0.15, 0.2) is 0 Å². The average molecular weight is 193 g/mol. The summed E-state index contributed by atoms with van der Waals surface area (Å²) in [7, 11) is 0. The predicted molar refractivity (Wildman–Crippen MR) is 42.0 cm³/mol. The van der Waals surface area contributed by atoms with Gasteiger partial charge in [0, 0.05) is 17.4 Å². The van der Waals surface area contributed by atoms with Crippen LogP contribution >= 0.6 is 15.9 Å². The van der Waals surface area contributed by atoms with Crippen molar-refractivity contribution in [2.24, 2.45) is 5.41 Å². The van der Waals surface area contributed by atoms with Gasteiger partial charge in [0.1, 0.15) is 0 Å². The smallest absolute Gasteiger partial charge is 0.0530 e. The summed E-state index contributed by atoms with van der Waals surface area (Å²) in [6, 6.07) is 0. The number of halogens is 1. The molecular weight excluding hydrogens is 180 g/mol. The predicted octanol–water partition coefficient (Wildman–Crippen LogP) is 2.20. The third kappa shape index (κ3) is 1.94. The number of rotatable bonds is 4. The van der Waals surface area contributed by atoms with Crippen molar-refractivity contribution >= 4 is 15.9 Å². The summed E-state index contributed by atoms with van der Waals surface area (Å²) in [5.74, 6) is 0. The van der Waals surface area contributed by atoms with Crippen molar-refractivity contribution in [3.8, 4) is 0 Å². The van der Waals surface area contributed by atoms with Crippen LogP contribution in [0, 0.1) is 5.41 Å². The number of ether oxygens (including phenoxy) is 1. The molecule has 1 aliphatic carbocycles. The maximum atomic E-state index is 5.32. The van der Waals surface area contributed by atoms with Gasteiger partial charge in [-0.15, -0.1) is 0 Å². The normalized spacial score (nSPS) is 22.0. The maximum absolute atomic E-state index is 5.32. The fourth-order valence-electron chi connectivity index (χ4n) is 0.812. The molecule has 0 saturated heterocycles. The van der Waals surface area contributed by atoms with E-state index in [1.165, 1.54) is 12.8 Å². The fourth-order valence-corrected chi connectivity index (χ4v) is 1.53. The zero-order chi connectivity index (χ0) is 6.74. The first kappa shape index (κ1) is 7.55. The molecule has 1 aliphatic rings. The van der Waals surface area contributed by atoms with E-state index in [2.05, 4.69) is 15.9 Å². The lowest BCUT2D eigenvalue weighted by molar-refractivity contribution is 0.110. The van der Waals surface area contributed by atoms with Gasteiger partial charge in [-0.3, -0.25) is 0 Å². The minimum atomic E-state index is 0.538. The van der Waals surface area contributed by atoms with Gasteiger partial charge in [-0.25, -0.2) is 0 Å². The molecule has 0 amide bonds. The Hall–Kier alpha value is 0.440. The van der Waals surface area contributed by atoms with Gasteiger partial charge in [0.2, 0.25) is 0 Å². The van der Waals surface area contributed by atoms with Crippen LogP contribution in [0.5, 0.6) is 0 Å². The molecule has 0 bridgehead atoms. The van der Waals surface area contributed by atoms with E-state index in [0.717, 1.165) is 18.5 Å². The minimum absolute atomic E-state index is 0.538. The first-order valence-corrected chi connectivity index (χ1v) is 4.59. The standard InChI is InChI=1S/C7H13BrO/c1-2-9-6-7(5-8)3-4-7/h2-6H2,1H3. The Morgan fingerprint density at radius 1 is 1.56 bits per heavy atom. The van der Waals surface area contributed by atoms with E-state index in [0.29, 0.717) is 5.41 Å². The summed E-state index contributed by atoms with van der Waals surface area (Å²) >= 11 is 3.48. The third-order valence-electron chi connectivity index (χ3n) is 1.85. The Morgan fingerprint density at radius 2 is 2.22 bits per heavy atom. The molecule has 0 aromatic rings. The molecule has 0 N–H and O–H groups in total. The molecule has 1 rings (SSSR count). The van der Waals surface area contributed by atoms with Gasteiger partial charge in [0.25, 0.3) is 0 Å². The topological polar surface area (TPSA) is 9.23 Å². The van der Waals surface area contributed by atoms with Gasteiger partial charge < -0.3 is 4.74 Å². The molecule has 0 heterocycles. The highest BCUT2D eigenvalue weighted by atomic mass is 79.9. The van der Waals surface area contributed by atoms with E-state index >= 15 is 0 Å². The molecule has 0 radical (unpaired) electrons. The van der Waals surface area contributed by atoms with E-state index < -0.39 is 0 Å². The second-order valence-electron chi connectivity index (χ2n) is 2.77. The van der Waals surface area contributed by atoms with E-state index in [1.54, 1.807) is 0 Å². The summed E-state index contributed by atoms with van der Waals surface area (Å²) in [6.07, 6.45) is 2.69.